The molecule has 0 rings (SSSR count). The van der Waals surface area contributed by atoms with Crippen LogP contribution in [-0.2, 0) is 9.84 Å². The summed E-state index contributed by atoms with van der Waals surface area (Å²) in [6.45, 7) is 5.13. The first kappa shape index (κ1) is 7.82. The second-order valence-electron chi connectivity index (χ2n) is 1.65. The quantitative estimate of drug-likeness (QED) is 0.532. The lowest BCUT2D eigenvalue weighted by Gasteiger charge is -1.89. The molecule has 0 atom stereocenters. The van der Waals surface area contributed by atoms with Crippen molar-refractivity contribution in [2.75, 3.05) is 11.5 Å². The van der Waals surface area contributed by atoms with Gasteiger partial charge in [0, 0.05) is 0 Å². The van der Waals surface area contributed by atoms with Crippen molar-refractivity contribution >= 4 is 9.84 Å². The average Bonchev–Trinajstić information content (AvgIpc) is 1.67. The number of hydrogen-bond donors (Lipinski definition) is 0. The third-order valence-electron chi connectivity index (χ3n) is 0.826. The molecule has 8 heavy (non-hydrogen) atoms. The van der Waals surface area contributed by atoms with Gasteiger partial charge in [-0.25, -0.2) is 8.42 Å². The summed E-state index contributed by atoms with van der Waals surface area (Å²) < 4.78 is 21.1. The van der Waals surface area contributed by atoms with Crippen LogP contribution >= 0.6 is 0 Å². The summed E-state index contributed by atoms with van der Waals surface area (Å²) in [5.74, 6) is 0.303. The highest BCUT2D eigenvalue weighted by Gasteiger charge is 2.07. The zero-order valence-corrected chi connectivity index (χ0v) is 5.87. The van der Waals surface area contributed by atoms with Crippen molar-refractivity contribution < 1.29 is 8.42 Å². The fraction of sp³-hybridized carbons (Fsp3) is 0.800. The van der Waals surface area contributed by atoms with Crippen molar-refractivity contribution in [2.24, 2.45) is 0 Å². The zero-order chi connectivity index (χ0) is 6.62. The molecule has 0 aromatic rings. The maximum Gasteiger partial charge on any atom is 0.191 e. The molecule has 0 aliphatic carbocycles. The van der Waals surface area contributed by atoms with Crippen LogP contribution in [0.15, 0.2) is 0 Å². The monoisotopic (exact) mass is 135 g/mol. The first-order valence-electron chi connectivity index (χ1n) is 2.62. The van der Waals surface area contributed by atoms with Gasteiger partial charge in [-0.1, -0.05) is 6.92 Å². The van der Waals surface area contributed by atoms with Crippen LogP contribution in [0.25, 0.3) is 0 Å². The molecule has 0 N–H and O–H groups in total. The van der Waals surface area contributed by atoms with E-state index >= 15 is 0 Å². The van der Waals surface area contributed by atoms with E-state index in [0.717, 1.165) is 0 Å². The highest BCUT2D eigenvalue weighted by Crippen LogP contribution is 1.90. The molecule has 0 radical (unpaired) electrons. The summed E-state index contributed by atoms with van der Waals surface area (Å²) in [4.78, 5) is 0. The summed E-state index contributed by atoms with van der Waals surface area (Å²) >= 11 is 0. The molecule has 0 heterocycles. The molecule has 0 saturated carbocycles. The van der Waals surface area contributed by atoms with E-state index in [-0.39, 0.29) is 11.5 Å². The lowest BCUT2D eigenvalue weighted by molar-refractivity contribution is 0.597. The first-order valence-corrected chi connectivity index (χ1v) is 4.44. The van der Waals surface area contributed by atoms with Crippen LogP contribution in [0.3, 0.4) is 0 Å². The Bertz CT molecular complexity index is 135. The lowest BCUT2D eigenvalue weighted by Crippen LogP contribution is -2.07. The van der Waals surface area contributed by atoms with Crippen LogP contribution in [-0.4, -0.2) is 19.9 Å². The molecule has 3 heteroatoms. The summed E-state index contributed by atoms with van der Waals surface area (Å²) in [6.07, 6.45) is 0.692. The van der Waals surface area contributed by atoms with Crippen molar-refractivity contribution in [2.45, 2.75) is 13.3 Å². The zero-order valence-electron chi connectivity index (χ0n) is 5.05. The Morgan fingerprint density at radius 1 is 1.50 bits per heavy atom. The van der Waals surface area contributed by atoms with E-state index in [9.17, 15) is 8.42 Å². The predicted octanol–water partition coefficient (Wildman–Crippen LogP) is 0.645. The maximum absolute atomic E-state index is 10.5. The fourth-order valence-corrected chi connectivity index (χ4v) is 1.24. The Labute approximate surface area is 50.8 Å². The minimum absolute atomic E-state index is 0.0286. The van der Waals surface area contributed by atoms with Crippen molar-refractivity contribution in [3.63, 3.8) is 0 Å². The van der Waals surface area contributed by atoms with E-state index < -0.39 is 9.84 Å². The first-order chi connectivity index (χ1) is 3.62. The molecule has 0 bridgehead atoms. The van der Waals surface area contributed by atoms with Crippen molar-refractivity contribution in [3.05, 3.63) is 6.92 Å². The molecule has 0 fully saturated rings. The SMILES string of the molecule is [CH2+]CS(=O)(=O)CCC. The molecule has 0 saturated heterocycles. The van der Waals surface area contributed by atoms with Crippen LogP contribution in [0.5, 0.6) is 0 Å². The Balaban J connectivity index is 3.76. The molecule has 0 aliphatic heterocycles. The van der Waals surface area contributed by atoms with Gasteiger partial charge >= 0.3 is 0 Å². The lowest BCUT2D eigenvalue weighted by atomic mass is 10.6. The summed E-state index contributed by atoms with van der Waals surface area (Å²) in [5, 5.41) is 0. The minimum atomic E-state index is -2.78. The molecule has 0 spiro atoms. The molecule has 0 unspecified atom stereocenters. The summed E-state index contributed by atoms with van der Waals surface area (Å²) in [6, 6.07) is 0. The van der Waals surface area contributed by atoms with Crippen molar-refractivity contribution in [1.82, 2.24) is 0 Å². The molecule has 2 nitrogen and oxygen atoms in total. The largest absolute Gasteiger partial charge is 0.224 e. The van der Waals surface area contributed by atoms with Gasteiger partial charge in [0.05, 0.1) is 12.7 Å². The van der Waals surface area contributed by atoms with Crippen LogP contribution < -0.4 is 0 Å². The van der Waals surface area contributed by atoms with Gasteiger partial charge in [0.1, 0.15) is 0 Å². The fourth-order valence-electron chi connectivity index (χ4n) is 0.413. The van der Waals surface area contributed by atoms with Crippen molar-refractivity contribution in [3.8, 4) is 0 Å². The maximum atomic E-state index is 10.5. The van der Waals surface area contributed by atoms with Gasteiger partial charge in [-0.15, -0.1) is 0 Å². The van der Waals surface area contributed by atoms with E-state index in [2.05, 4.69) is 6.92 Å². The second kappa shape index (κ2) is 2.97. The van der Waals surface area contributed by atoms with Crippen LogP contribution in [0, 0.1) is 6.92 Å². The third-order valence-corrected chi connectivity index (χ3v) is 2.48. The molecule has 0 aliphatic rings. The summed E-state index contributed by atoms with van der Waals surface area (Å²) in [5.41, 5.74) is 0. The third kappa shape index (κ3) is 2.91. The molecular formula is C5H11O2S+. The normalized spacial score (nSPS) is 11.6. The van der Waals surface area contributed by atoms with E-state index in [0.29, 0.717) is 6.42 Å². The van der Waals surface area contributed by atoms with Crippen LogP contribution in [0.4, 0.5) is 0 Å². The number of hydrogen-bond acceptors (Lipinski definition) is 2. The van der Waals surface area contributed by atoms with Gasteiger partial charge in [-0.3, -0.25) is 0 Å². The van der Waals surface area contributed by atoms with Gasteiger partial charge in [-0.05, 0) is 6.42 Å². The Kier molecular flexibility index (Phi) is 2.90. The summed E-state index contributed by atoms with van der Waals surface area (Å²) in [7, 11) is -2.78. The molecular weight excluding hydrogens is 124 g/mol. The van der Waals surface area contributed by atoms with Gasteiger partial charge < -0.3 is 0 Å². The smallest absolute Gasteiger partial charge is 0.191 e. The number of rotatable bonds is 3. The topological polar surface area (TPSA) is 34.1 Å². The van der Waals surface area contributed by atoms with Gasteiger partial charge in [0.15, 0.2) is 15.6 Å². The molecule has 0 aromatic carbocycles. The Morgan fingerprint density at radius 3 is 2.12 bits per heavy atom. The van der Waals surface area contributed by atoms with E-state index in [1.807, 2.05) is 6.92 Å². The van der Waals surface area contributed by atoms with Gasteiger partial charge in [0.2, 0.25) is 0 Å². The average molecular weight is 135 g/mol. The highest BCUT2D eigenvalue weighted by atomic mass is 32.2. The Morgan fingerprint density at radius 2 is 2.00 bits per heavy atom. The molecule has 0 amide bonds. The van der Waals surface area contributed by atoms with Gasteiger partial charge in [0.25, 0.3) is 0 Å². The van der Waals surface area contributed by atoms with E-state index in [1.54, 1.807) is 0 Å². The second-order valence-corrected chi connectivity index (χ2v) is 3.96. The molecule has 0 aromatic heterocycles. The number of sulfone groups is 1. The predicted molar refractivity (Wildman–Crippen MR) is 34.3 cm³/mol. The van der Waals surface area contributed by atoms with Crippen molar-refractivity contribution in [1.29, 1.82) is 0 Å². The van der Waals surface area contributed by atoms with E-state index in [1.165, 1.54) is 0 Å². The van der Waals surface area contributed by atoms with Crippen LogP contribution in [0.2, 0.25) is 0 Å². The van der Waals surface area contributed by atoms with E-state index in [4.69, 9.17) is 0 Å². The standard InChI is InChI=1S/C5H11O2S/c1-3-5-8(6,7)4-2/h2-5H2,1H3/q+1. The van der Waals surface area contributed by atoms with Gasteiger partial charge in [-0.2, -0.15) is 0 Å². The van der Waals surface area contributed by atoms with Crippen LogP contribution in [0.1, 0.15) is 13.3 Å². The minimum Gasteiger partial charge on any atom is -0.224 e. The Hall–Kier alpha value is -0.180. The highest BCUT2D eigenvalue weighted by molar-refractivity contribution is 7.91. The molecule has 48 valence electrons.